The number of benzene rings is 1. The van der Waals surface area contributed by atoms with Crippen LogP contribution in [0.5, 0.6) is 0 Å². The summed E-state index contributed by atoms with van der Waals surface area (Å²) in [5.41, 5.74) is 6.26. The summed E-state index contributed by atoms with van der Waals surface area (Å²) in [6.07, 6.45) is 0.726. The van der Waals surface area contributed by atoms with Crippen molar-refractivity contribution in [2.45, 2.75) is 13.3 Å². The van der Waals surface area contributed by atoms with Crippen LogP contribution in [-0.4, -0.2) is 19.6 Å². The Hall–Kier alpha value is -0.930. The predicted octanol–water partition coefficient (Wildman–Crippen LogP) is 1.55. The summed E-state index contributed by atoms with van der Waals surface area (Å²) in [6.45, 7) is 4.47. The van der Waals surface area contributed by atoms with Crippen molar-refractivity contribution in [3.8, 4) is 0 Å². The van der Waals surface area contributed by atoms with Gasteiger partial charge in [-0.2, -0.15) is 0 Å². The minimum atomic E-state index is -0.119. The summed E-state index contributed by atoms with van der Waals surface area (Å²) in [5.74, 6) is 0.358. The molecule has 0 aliphatic heterocycles. The Labute approximate surface area is 90.7 Å². The lowest BCUT2D eigenvalue weighted by atomic mass is 10.1. The smallest absolute Gasteiger partial charge is 0.126 e. The number of hydrogen-bond acceptors (Lipinski definition) is 2. The zero-order valence-corrected chi connectivity index (χ0v) is 9.17. The van der Waals surface area contributed by atoms with E-state index in [1.165, 1.54) is 6.07 Å². The molecule has 0 radical (unpaired) electrons. The van der Waals surface area contributed by atoms with Crippen LogP contribution in [0.25, 0.3) is 0 Å². The Morgan fingerprint density at radius 1 is 1.40 bits per heavy atom. The van der Waals surface area contributed by atoms with Crippen molar-refractivity contribution in [1.82, 2.24) is 5.32 Å². The van der Waals surface area contributed by atoms with Crippen LogP contribution in [0.15, 0.2) is 24.3 Å². The van der Waals surface area contributed by atoms with Crippen molar-refractivity contribution in [2.75, 3.05) is 19.6 Å². The molecular formula is C12H19FN2. The normalized spacial score (nSPS) is 12.7. The van der Waals surface area contributed by atoms with Crippen LogP contribution < -0.4 is 11.1 Å². The quantitative estimate of drug-likeness (QED) is 0.699. The van der Waals surface area contributed by atoms with Crippen LogP contribution in [0.4, 0.5) is 4.39 Å². The molecule has 3 N–H and O–H groups in total. The summed E-state index contributed by atoms with van der Waals surface area (Å²) in [5, 5.41) is 3.27. The van der Waals surface area contributed by atoms with Gasteiger partial charge in [0, 0.05) is 0 Å². The van der Waals surface area contributed by atoms with Crippen molar-refractivity contribution in [3.63, 3.8) is 0 Å². The van der Waals surface area contributed by atoms with E-state index in [-0.39, 0.29) is 5.82 Å². The summed E-state index contributed by atoms with van der Waals surface area (Å²) >= 11 is 0. The van der Waals surface area contributed by atoms with Crippen LogP contribution in [0, 0.1) is 11.7 Å². The van der Waals surface area contributed by atoms with E-state index < -0.39 is 0 Å². The molecule has 3 heteroatoms. The zero-order chi connectivity index (χ0) is 11.1. The molecule has 0 saturated carbocycles. The molecule has 0 saturated heterocycles. The first-order chi connectivity index (χ1) is 7.24. The van der Waals surface area contributed by atoms with E-state index >= 15 is 0 Å². The van der Waals surface area contributed by atoms with Crippen LogP contribution in [0.1, 0.15) is 12.5 Å². The minimum Gasteiger partial charge on any atom is -0.330 e. The van der Waals surface area contributed by atoms with Crippen LogP contribution in [-0.2, 0) is 6.42 Å². The second-order valence-electron chi connectivity index (χ2n) is 3.89. The molecule has 1 unspecified atom stereocenters. The minimum absolute atomic E-state index is 0.119. The molecule has 0 amide bonds. The molecule has 1 rings (SSSR count). The number of rotatable bonds is 6. The van der Waals surface area contributed by atoms with E-state index in [4.69, 9.17) is 5.73 Å². The molecule has 84 valence electrons. The lowest BCUT2D eigenvalue weighted by molar-refractivity contribution is 0.520. The van der Waals surface area contributed by atoms with Crippen molar-refractivity contribution < 1.29 is 4.39 Å². The van der Waals surface area contributed by atoms with Gasteiger partial charge in [-0.1, -0.05) is 25.1 Å². The van der Waals surface area contributed by atoms with E-state index in [1.54, 1.807) is 6.07 Å². The summed E-state index contributed by atoms with van der Waals surface area (Å²) < 4.78 is 13.2. The Kier molecular flexibility index (Phi) is 5.29. The van der Waals surface area contributed by atoms with E-state index in [1.807, 2.05) is 12.1 Å². The third-order valence-corrected chi connectivity index (χ3v) is 2.42. The molecule has 0 heterocycles. The van der Waals surface area contributed by atoms with Crippen molar-refractivity contribution in [3.05, 3.63) is 35.6 Å². The van der Waals surface area contributed by atoms with Gasteiger partial charge >= 0.3 is 0 Å². The van der Waals surface area contributed by atoms with Gasteiger partial charge in [-0.25, -0.2) is 4.39 Å². The zero-order valence-electron chi connectivity index (χ0n) is 9.17. The van der Waals surface area contributed by atoms with Gasteiger partial charge < -0.3 is 11.1 Å². The third kappa shape index (κ3) is 4.40. The molecule has 0 aliphatic rings. The SMILES string of the molecule is CC(CN)CNCCc1ccccc1F. The maximum Gasteiger partial charge on any atom is 0.126 e. The Bertz CT molecular complexity index is 289. The van der Waals surface area contributed by atoms with Crippen molar-refractivity contribution in [1.29, 1.82) is 0 Å². The number of halogens is 1. The van der Waals surface area contributed by atoms with E-state index in [0.717, 1.165) is 25.1 Å². The molecule has 0 aliphatic carbocycles. The summed E-state index contributed by atoms with van der Waals surface area (Å²) in [6, 6.07) is 6.89. The fraction of sp³-hybridized carbons (Fsp3) is 0.500. The van der Waals surface area contributed by atoms with Gasteiger partial charge in [-0.05, 0) is 43.6 Å². The maximum atomic E-state index is 13.2. The second kappa shape index (κ2) is 6.53. The van der Waals surface area contributed by atoms with E-state index in [2.05, 4.69) is 12.2 Å². The lowest BCUT2D eigenvalue weighted by Crippen LogP contribution is -2.27. The van der Waals surface area contributed by atoms with Gasteiger partial charge in [0.2, 0.25) is 0 Å². The Balaban J connectivity index is 2.23. The van der Waals surface area contributed by atoms with Gasteiger partial charge in [0.1, 0.15) is 5.82 Å². The molecule has 1 atom stereocenters. The highest BCUT2D eigenvalue weighted by Gasteiger charge is 2.01. The van der Waals surface area contributed by atoms with Gasteiger partial charge in [0.15, 0.2) is 0 Å². The Morgan fingerprint density at radius 2 is 2.13 bits per heavy atom. The van der Waals surface area contributed by atoms with E-state index in [9.17, 15) is 4.39 Å². The molecule has 1 aromatic carbocycles. The van der Waals surface area contributed by atoms with Crippen molar-refractivity contribution in [2.24, 2.45) is 11.7 Å². The topological polar surface area (TPSA) is 38.0 Å². The molecule has 0 spiro atoms. The fourth-order valence-corrected chi connectivity index (χ4v) is 1.36. The lowest BCUT2D eigenvalue weighted by Gasteiger charge is -2.09. The molecule has 15 heavy (non-hydrogen) atoms. The molecule has 0 fully saturated rings. The summed E-state index contributed by atoms with van der Waals surface area (Å²) in [7, 11) is 0. The van der Waals surface area contributed by atoms with Gasteiger partial charge in [-0.3, -0.25) is 0 Å². The second-order valence-corrected chi connectivity index (χ2v) is 3.89. The van der Waals surface area contributed by atoms with Crippen LogP contribution in [0.2, 0.25) is 0 Å². The van der Waals surface area contributed by atoms with Gasteiger partial charge in [0.25, 0.3) is 0 Å². The first kappa shape index (κ1) is 12.1. The Morgan fingerprint density at radius 3 is 2.80 bits per heavy atom. The highest BCUT2D eigenvalue weighted by Crippen LogP contribution is 2.06. The molecule has 1 aromatic rings. The third-order valence-electron chi connectivity index (χ3n) is 2.42. The maximum absolute atomic E-state index is 13.2. The number of nitrogens with two attached hydrogens (primary N) is 1. The number of hydrogen-bond donors (Lipinski definition) is 2. The first-order valence-electron chi connectivity index (χ1n) is 5.38. The molecule has 0 bridgehead atoms. The largest absolute Gasteiger partial charge is 0.330 e. The summed E-state index contributed by atoms with van der Waals surface area (Å²) in [4.78, 5) is 0. The monoisotopic (exact) mass is 210 g/mol. The molecular weight excluding hydrogens is 191 g/mol. The number of nitrogens with one attached hydrogen (secondary N) is 1. The van der Waals surface area contributed by atoms with Gasteiger partial charge in [0.05, 0.1) is 0 Å². The van der Waals surface area contributed by atoms with Crippen molar-refractivity contribution >= 4 is 0 Å². The van der Waals surface area contributed by atoms with Crippen LogP contribution in [0.3, 0.4) is 0 Å². The molecule has 2 nitrogen and oxygen atoms in total. The first-order valence-corrected chi connectivity index (χ1v) is 5.38. The van der Waals surface area contributed by atoms with Crippen LogP contribution >= 0.6 is 0 Å². The molecule has 0 aromatic heterocycles. The average Bonchev–Trinajstić information content (AvgIpc) is 2.26. The predicted molar refractivity (Wildman–Crippen MR) is 61.2 cm³/mol. The fourth-order valence-electron chi connectivity index (χ4n) is 1.36. The average molecular weight is 210 g/mol. The van der Waals surface area contributed by atoms with E-state index in [0.29, 0.717) is 12.5 Å². The highest BCUT2D eigenvalue weighted by molar-refractivity contribution is 5.17. The highest BCUT2D eigenvalue weighted by atomic mass is 19.1. The standard InChI is InChI=1S/C12H19FN2/c1-10(8-14)9-15-7-6-11-4-2-3-5-12(11)13/h2-5,10,15H,6-9,14H2,1H3. The van der Waals surface area contributed by atoms with Gasteiger partial charge in [-0.15, -0.1) is 0 Å².